The molecule has 4 nitrogen and oxygen atoms in total. The molecule has 1 unspecified atom stereocenters. The van der Waals surface area contributed by atoms with Gasteiger partial charge >= 0.3 is 0 Å². The fourth-order valence-electron chi connectivity index (χ4n) is 2.36. The lowest BCUT2D eigenvalue weighted by molar-refractivity contribution is 0.0922. The smallest absolute Gasteiger partial charge is 0.254 e. The largest absolute Gasteiger partial charge is 0.488 e. The Balaban J connectivity index is 1.63. The molecule has 1 aromatic heterocycles. The summed E-state index contributed by atoms with van der Waals surface area (Å²) < 4.78 is 19.1. The van der Waals surface area contributed by atoms with Gasteiger partial charge in [-0.05, 0) is 43.3 Å². The van der Waals surface area contributed by atoms with E-state index in [1.54, 1.807) is 43.5 Å². The van der Waals surface area contributed by atoms with E-state index in [0.29, 0.717) is 10.6 Å². The summed E-state index contributed by atoms with van der Waals surface area (Å²) in [4.78, 5) is 18.0. The predicted molar refractivity (Wildman–Crippen MR) is 104 cm³/mol. The summed E-state index contributed by atoms with van der Waals surface area (Å²) in [5.41, 5.74) is 0.490. The van der Waals surface area contributed by atoms with Crippen molar-refractivity contribution >= 4 is 17.7 Å². The van der Waals surface area contributed by atoms with Gasteiger partial charge in [0.1, 0.15) is 11.6 Å². The number of halogens is 1. The molecule has 0 radical (unpaired) electrons. The number of ether oxygens (including phenoxy) is 1. The zero-order valence-electron chi connectivity index (χ0n) is 14.8. The average Bonchev–Trinajstić information content (AvgIpc) is 2.68. The number of para-hydroxylation sites is 1. The van der Waals surface area contributed by atoms with E-state index < -0.39 is 5.82 Å². The van der Waals surface area contributed by atoms with Crippen LogP contribution >= 0.6 is 11.8 Å². The van der Waals surface area contributed by atoms with Crippen molar-refractivity contribution in [3.63, 3.8) is 0 Å². The number of benzene rings is 2. The molecule has 6 heteroatoms. The van der Waals surface area contributed by atoms with Crippen LogP contribution in [0.2, 0.25) is 0 Å². The number of carbonyl (C=O) groups excluding carboxylic acids is 1. The Morgan fingerprint density at radius 1 is 1.11 bits per heavy atom. The van der Waals surface area contributed by atoms with Gasteiger partial charge in [0.2, 0.25) is 0 Å². The third kappa shape index (κ3) is 5.31. The van der Waals surface area contributed by atoms with Crippen LogP contribution in [0.3, 0.4) is 0 Å². The van der Waals surface area contributed by atoms with Crippen molar-refractivity contribution in [1.82, 2.24) is 10.3 Å². The van der Waals surface area contributed by atoms with Crippen LogP contribution < -0.4 is 10.1 Å². The Morgan fingerprint density at radius 3 is 2.63 bits per heavy atom. The molecule has 3 rings (SSSR count). The van der Waals surface area contributed by atoms with E-state index >= 15 is 0 Å². The predicted octanol–water partition coefficient (Wildman–Crippen LogP) is 4.57. The minimum absolute atomic E-state index is 0.161. The zero-order valence-corrected chi connectivity index (χ0v) is 15.6. The number of aromatic nitrogens is 1. The molecule has 27 heavy (non-hydrogen) atoms. The van der Waals surface area contributed by atoms with E-state index in [1.807, 2.05) is 30.3 Å². The first-order chi connectivity index (χ1) is 13.1. The lowest BCUT2D eigenvalue weighted by atomic mass is 10.2. The van der Waals surface area contributed by atoms with Crippen molar-refractivity contribution in [1.29, 1.82) is 0 Å². The van der Waals surface area contributed by atoms with Gasteiger partial charge in [-0.3, -0.25) is 4.79 Å². The summed E-state index contributed by atoms with van der Waals surface area (Å²) in [5.74, 6) is -0.503. The van der Waals surface area contributed by atoms with E-state index in [1.165, 1.54) is 17.8 Å². The van der Waals surface area contributed by atoms with Crippen LogP contribution in [0.1, 0.15) is 17.3 Å². The van der Waals surface area contributed by atoms with Crippen LogP contribution in [0.15, 0.2) is 82.8 Å². The first-order valence-electron chi connectivity index (χ1n) is 8.49. The van der Waals surface area contributed by atoms with E-state index in [2.05, 4.69) is 10.3 Å². The molecule has 0 fully saturated rings. The van der Waals surface area contributed by atoms with Crippen LogP contribution in [-0.4, -0.2) is 23.5 Å². The molecule has 1 amide bonds. The first kappa shape index (κ1) is 18.9. The molecule has 1 N–H and O–H groups in total. The highest BCUT2D eigenvalue weighted by Gasteiger charge is 2.16. The maximum Gasteiger partial charge on any atom is 0.254 e. The van der Waals surface area contributed by atoms with Crippen LogP contribution in [0.5, 0.6) is 5.75 Å². The van der Waals surface area contributed by atoms with E-state index in [-0.39, 0.29) is 24.3 Å². The number of pyridine rings is 1. The summed E-state index contributed by atoms with van der Waals surface area (Å²) in [5, 5.41) is 3.50. The second-order valence-electron chi connectivity index (χ2n) is 5.89. The van der Waals surface area contributed by atoms with Gasteiger partial charge in [-0.15, -0.1) is 0 Å². The molecular weight excluding hydrogens is 363 g/mol. The molecule has 1 heterocycles. The molecule has 0 spiro atoms. The van der Waals surface area contributed by atoms with E-state index in [4.69, 9.17) is 4.74 Å². The lowest BCUT2D eigenvalue weighted by Gasteiger charge is -2.16. The Hall–Kier alpha value is -2.86. The number of rotatable bonds is 7. The minimum Gasteiger partial charge on any atom is -0.488 e. The number of nitrogens with zero attached hydrogens (tertiary/aromatic N) is 1. The van der Waals surface area contributed by atoms with Gasteiger partial charge in [-0.25, -0.2) is 9.37 Å². The summed E-state index contributed by atoms with van der Waals surface area (Å²) in [6, 6.07) is 19.1. The van der Waals surface area contributed by atoms with Crippen molar-refractivity contribution < 1.29 is 13.9 Å². The fraction of sp³-hybridized carbons (Fsp3) is 0.143. The van der Waals surface area contributed by atoms with Gasteiger partial charge in [-0.1, -0.05) is 42.1 Å². The van der Waals surface area contributed by atoms with Crippen LogP contribution in [0.25, 0.3) is 0 Å². The van der Waals surface area contributed by atoms with Crippen LogP contribution in [-0.2, 0) is 0 Å². The van der Waals surface area contributed by atoms with E-state index in [9.17, 15) is 9.18 Å². The molecule has 0 saturated heterocycles. The Labute approximate surface area is 161 Å². The topological polar surface area (TPSA) is 51.2 Å². The highest BCUT2D eigenvalue weighted by molar-refractivity contribution is 7.99. The van der Waals surface area contributed by atoms with E-state index in [0.717, 1.165) is 4.90 Å². The summed E-state index contributed by atoms with van der Waals surface area (Å²) in [7, 11) is 0. The van der Waals surface area contributed by atoms with Gasteiger partial charge in [0.15, 0.2) is 11.6 Å². The van der Waals surface area contributed by atoms with Crippen molar-refractivity contribution in [2.75, 3.05) is 6.61 Å². The standard InChI is InChI=1S/C21H19FN2O2S/c1-15(14-26-19-12-6-5-11-18(19)22)24-20(25)17-10-7-13-23-21(17)27-16-8-3-2-4-9-16/h2-13,15H,14H2,1H3,(H,24,25). The third-order valence-electron chi connectivity index (χ3n) is 3.68. The maximum atomic E-state index is 13.6. The highest BCUT2D eigenvalue weighted by atomic mass is 32.2. The average molecular weight is 382 g/mol. The number of amides is 1. The van der Waals surface area contributed by atoms with Crippen molar-refractivity contribution in [2.24, 2.45) is 0 Å². The van der Waals surface area contributed by atoms with Crippen molar-refractivity contribution in [3.8, 4) is 5.75 Å². The van der Waals surface area contributed by atoms with Gasteiger partial charge in [0.25, 0.3) is 5.91 Å². The molecule has 3 aromatic rings. The second kappa shape index (κ2) is 9.19. The normalized spacial score (nSPS) is 11.6. The number of carbonyl (C=O) groups is 1. The van der Waals surface area contributed by atoms with Gasteiger partial charge in [0, 0.05) is 11.1 Å². The summed E-state index contributed by atoms with van der Waals surface area (Å²) in [6.45, 7) is 1.97. The molecule has 1 atom stereocenters. The van der Waals surface area contributed by atoms with Gasteiger partial charge in [-0.2, -0.15) is 0 Å². The molecule has 0 aliphatic rings. The quantitative estimate of drug-likeness (QED) is 0.650. The fourth-order valence-corrected chi connectivity index (χ4v) is 3.27. The summed E-state index contributed by atoms with van der Waals surface area (Å²) in [6.07, 6.45) is 1.66. The molecule has 138 valence electrons. The SMILES string of the molecule is CC(COc1ccccc1F)NC(=O)c1cccnc1Sc1ccccc1. The molecule has 0 aliphatic heterocycles. The molecular formula is C21H19FN2O2S. The molecule has 2 aromatic carbocycles. The highest BCUT2D eigenvalue weighted by Crippen LogP contribution is 2.28. The van der Waals surface area contributed by atoms with Crippen molar-refractivity contribution in [3.05, 3.63) is 84.3 Å². The van der Waals surface area contributed by atoms with Crippen LogP contribution in [0, 0.1) is 5.82 Å². The number of nitrogens with one attached hydrogen (secondary N) is 1. The Kier molecular flexibility index (Phi) is 6.44. The van der Waals surface area contributed by atoms with Gasteiger partial charge in [0.05, 0.1) is 11.6 Å². The van der Waals surface area contributed by atoms with Crippen LogP contribution in [0.4, 0.5) is 4.39 Å². The minimum atomic E-state index is -0.426. The molecule has 0 saturated carbocycles. The monoisotopic (exact) mass is 382 g/mol. The summed E-state index contributed by atoms with van der Waals surface area (Å²) >= 11 is 1.43. The number of hydrogen-bond acceptors (Lipinski definition) is 4. The Bertz CT molecular complexity index is 905. The third-order valence-corrected chi connectivity index (χ3v) is 4.70. The number of hydrogen-bond donors (Lipinski definition) is 1. The Morgan fingerprint density at radius 2 is 1.85 bits per heavy atom. The first-order valence-corrected chi connectivity index (χ1v) is 9.31. The van der Waals surface area contributed by atoms with Gasteiger partial charge < -0.3 is 10.1 Å². The zero-order chi connectivity index (χ0) is 19.1. The van der Waals surface area contributed by atoms with Crippen molar-refractivity contribution in [2.45, 2.75) is 22.9 Å². The molecule has 0 bridgehead atoms. The molecule has 0 aliphatic carbocycles. The second-order valence-corrected chi connectivity index (χ2v) is 6.95. The lowest BCUT2D eigenvalue weighted by Crippen LogP contribution is -2.37. The maximum absolute atomic E-state index is 13.6.